The standard InChI is InChI=1S/C30H33N5O/c1-20(2)29-32-27(28(33-29)26-10-5-7-21(3)31-26)25-9-6-8-24(19-25)22-11-13-23(14-12-22)30(36)35-17-15-34(4)16-18-35/h5-14,19-20H,15-18H2,1-4H3,(H,32,33). The predicted molar refractivity (Wildman–Crippen MR) is 145 cm³/mol. The Bertz CT molecular complexity index is 1360. The molecule has 1 aliphatic rings. The number of piperazine rings is 1. The third-order valence-electron chi connectivity index (χ3n) is 6.81. The third-order valence-corrected chi connectivity index (χ3v) is 6.81. The first kappa shape index (κ1) is 23.9. The van der Waals surface area contributed by atoms with Gasteiger partial charge in [0.2, 0.25) is 0 Å². The summed E-state index contributed by atoms with van der Waals surface area (Å²) in [5, 5.41) is 0. The SMILES string of the molecule is Cc1cccc(-c2nc(C(C)C)[nH]c2-c2cccc(-c3ccc(C(=O)N4CCN(C)CC4)cc3)c2)n1. The monoisotopic (exact) mass is 479 g/mol. The van der Waals surface area contributed by atoms with Gasteiger partial charge in [-0.05, 0) is 55.4 Å². The van der Waals surface area contributed by atoms with Gasteiger partial charge in [-0.2, -0.15) is 0 Å². The summed E-state index contributed by atoms with van der Waals surface area (Å²) < 4.78 is 0. The highest BCUT2D eigenvalue weighted by Crippen LogP contribution is 2.33. The number of hydrogen-bond acceptors (Lipinski definition) is 4. The Hall–Kier alpha value is -3.77. The van der Waals surface area contributed by atoms with E-state index < -0.39 is 0 Å². The maximum Gasteiger partial charge on any atom is 0.253 e. The van der Waals surface area contributed by atoms with Gasteiger partial charge < -0.3 is 14.8 Å². The van der Waals surface area contributed by atoms with E-state index in [1.165, 1.54) is 0 Å². The summed E-state index contributed by atoms with van der Waals surface area (Å²) in [6, 6.07) is 22.4. The Morgan fingerprint density at radius 2 is 1.56 bits per heavy atom. The molecule has 1 fully saturated rings. The summed E-state index contributed by atoms with van der Waals surface area (Å²) in [5.74, 6) is 1.33. The Morgan fingerprint density at radius 1 is 0.861 bits per heavy atom. The highest BCUT2D eigenvalue weighted by molar-refractivity contribution is 5.95. The summed E-state index contributed by atoms with van der Waals surface area (Å²) in [5.41, 5.74) is 7.64. The number of imidazole rings is 1. The quantitative estimate of drug-likeness (QED) is 0.403. The molecule has 0 unspecified atom stereocenters. The molecule has 36 heavy (non-hydrogen) atoms. The van der Waals surface area contributed by atoms with E-state index in [1.54, 1.807) is 0 Å². The minimum absolute atomic E-state index is 0.109. The van der Waals surface area contributed by atoms with Gasteiger partial charge in [-0.25, -0.2) is 4.98 Å². The Labute approximate surface area is 213 Å². The van der Waals surface area contributed by atoms with Crippen molar-refractivity contribution in [3.63, 3.8) is 0 Å². The Balaban J connectivity index is 1.45. The number of benzene rings is 2. The number of aromatic amines is 1. The van der Waals surface area contributed by atoms with Crippen molar-refractivity contribution >= 4 is 5.91 Å². The number of nitrogens with zero attached hydrogens (tertiary/aromatic N) is 4. The molecule has 1 saturated heterocycles. The lowest BCUT2D eigenvalue weighted by Crippen LogP contribution is -2.47. The van der Waals surface area contributed by atoms with Crippen LogP contribution in [0, 0.1) is 6.92 Å². The summed E-state index contributed by atoms with van der Waals surface area (Å²) in [6.45, 7) is 9.66. The second kappa shape index (κ2) is 10.1. The first-order valence-corrected chi connectivity index (χ1v) is 12.6. The van der Waals surface area contributed by atoms with Crippen LogP contribution in [0.15, 0.2) is 66.7 Å². The number of likely N-dealkylation sites (N-methyl/N-ethyl adjacent to an activating group) is 1. The molecule has 0 saturated carbocycles. The largest absolute Gasteiger partial charge is 0.341 e. The number of hydrogen-bond donors (Lipinski definition) is 1. The van der Waals surface area contributed by atoms with Crippen LogP contribution >= 0.6 is 0 Å². The van der Waals surface area contributed by atoms with Crippen molar-refractivity contribution in [3.05, 3.63) is 83.8 Å². The van der Waals surface area contributed by atoms with Crippen molar-refractivity contribution in [2.24, 2.45) is 0 Å². The van der Waals surface area contributed by atoms with Crippen LogP contribution in [0.1, 0.15) is 41.6 Å². The second-order valence-electron chi connectivity index (χ2n) is 9.92. The number of H-pyrrole nitrogens is 1. The number of aromatic nitrogens is 3. The summed E-state index contributed by atoms with van der Waals surface area (Å²) in [6.07, 6.45) is 0. The average Bonchev–Trinajstić information content (AvgIpc) is 3.35. The highest BCUT2D eigenvalue weighted by Gasteiger charge is 2.21. The molecule has 2 aromatic carbocycles. The number of rotatable bonds is 5. The van der Waals surface area contributed by atoms with Gasteiger partial charge in [0.25, 0.3) is 5.91 Å². The van der Waals surface area contributed by atoms with Gasteiger partial charge in [0.15, 0.2) is 0 Å². The van der Waals surface area contributed by atoms with E-state index in [1.807, 2.05) is 54.3 Å². The van der Waals surface area contributed by atoms with Crippen LogP contribution in [-0.4, -0.2) is 63.9 Å². The van der Waals surface area contributed by atoms with Gasteiger partial charge in [-0.15, -0.1) is 0 Å². The minimum Gasteiger partial charge on any atom is -0.341 e. The van der Waals surface area contributed by atoms with E-state index in [2.05, 4.69) is 55.0 Å². The van der Waals surface area contributed by atoms with Crippen LogP contribution in [0.2, 0.25) is 0 Å². The first-order valence-electron chi connectivity index (χ1n) is 12.6. The highest BCUT2D eigenvalue weighted by atomic mass is 16.2. The van der Waals surface area contributed by atoms with E-state index in [9.17, 15) is 4.79 Å². The zero-order chi connectivity index (χ0) is 25.2. The molecule has 3 heterocycles. The second-order valence-corrected chi connectivity index (χ2v) is 9.92. The normalized spacial score (nSPS) is 14.4. The molecule has 0 bridgehead atoms. The molecule has 0 radical (unpaired) electrons. The molecule has 2 aromatic heterocycles. The van der Waals surface area contributed by atoms with Crippen LogP contribution in [-0.2, 0) is 0 Å². The Kier molecular flexibility index (Phi) is 6.70. The van der Waals surface area contributed by atoms with E-state index >= 15 is 0 Å². The molecule has 1 N–H and O–H groups in total. The van der Waals surface area contributed by atoms with E-state index in [0.29, 0.717) is 0 Å². The molecule has 1 aliphatic heterocycles. The van der Waals surface area contributed by atoms with Crippen molar-refractivity contribution in [1.82, 2.24) is 24.8 Å². The molecule has 0 aliphatic carbocycles. The molecule has 0 atom stereocenters. The molecule has 4 aromatic rings. The van der Waals surface area contributed by atoms with Crippen LogP contribution in [0.4, 0.5) is 0 Å². The average molecular weight is 480 g/mol. The molecule has 5 rings (SSSR count). The first-order chi connectivity index (χ1) is 17.4. The lowest BCUT2D eigenvalue weighted by molar-refractivity contribution is 0.0664. The number of carbonyl (C=O) groups excluding carboxylic acids is 1. The fraction of sp³-hybridized carbons (Fsp3) is 0.300. The molecule has 0 spiro atoms. The fourth-order valence-electron chi connectivity index (χ4n) is 4.59. The van der Waals surface area contributed by atoms with Gasteiger partial charge in [0, 0.05) is 48.9 Å². The van der Waals surface area contributed by atoms with Gasteiger partial charge in [0.05, 0.1) is 11.4 Å². The van der Waals surface area contributed by atoms with Gasteiger partial charge in [-0.3, -0.25) is 9.78 Å². The van der Waals surface area contributed by atoms with E-state index in [4.69, 9.17) is 9.97 Å². The molecule has 6 heteroatoms. The number of aryl methyl sites for hydroxylation is 1. The van der Waals surface area contributed by atoms with Crippen molar-refractivity contribution in [2.45, 2.75) is 26.7 Å². The van der Waals surface area contributed by atoms with Crippen LogP contribution in [0.3, 0.4) is 0 Å². The number of nitrogens with one attached hydrogen (secondary N) is 1. The maximum absolute atomic E-state index is 12.9. The van der Waals surface area contributed by atoms with Crippen molar-refractivity contribution < 1.29 is 4.79 Å². The lowest BCUT2D eigenvalue weighted by atomic mass is 9.99. The number of pyridine rings is 1. The van der Waals surface area contributed by atoms with Crippen LogP contribution in [0.25, 0.3) is 33.8 Å². The van der Waals surface area contributed by atoms with Crippen molar-refractivity contribution in [3.8, 4) is 33.8 Å². The van der Waals surface area contributed by atoms with Gasteiger partial charge in [0.1, 0.15) is 11.5 Å². The zero-order valence-corrected chi connectivity index (χ0v) is 21.5. The predicted octanol–water partition coefficient (Wildman–Crippen LogP) is 5.63. The van der Waals surface area contributed by atoms with E-state index in [-0.39, 0.29) is 11.8 Å². The molecule has 184 valence electrons. The fourth-order valence-corrected chi connectivity index (χ4v) is 4.59. The minimum atomic E-state index is 0.109. The molecule has 6 nitrogen and oxygen atoms in total. The summed E-state index contributed by atoms with van der Waals surface area (Å²) >= 11 is 0. The molecule has 1 amide bonds. The Morgan fingerprint density at radius 3 is 2.25 bits per heavy atom. The summed E-state index contributed by atoms with van der Waals surface area (Å²) in [7, 11) is 2.10. The van der Waals surface area contributed by atoms with Crippen molar-refractivity contribution in [2.75, 3.05) is 33.2 Å². The maximum atomic E-state index is 12.9. The van der Waals surface area contributed by atoms with Gasteiger partial charge in [-0.1, -0.05) is 50.2 Å². The van der Waals surface area contributed by atoms with Crippen molar-refractivity contribution in [1.29, 1.82) is 0 Å². The molecular formula is C30H33N5O. The molecular weight excluding hydrogens is 446 g/mol. The smallest absolute Gasteiger partial charge is 0.253 e. The lowest BCUT2D eigenvalue weighted by Gasteiger charge is -2.32. The number of amides is 1. The van der Waals surface area contributed by atoms with Gasteiger partial charge >= 0.3 is 0 Å². The van der Waals surface area contributed by atoms with Crippen LogP contribution in [0.5, 0.6) is 0 Å². The van der Waals surface area contributed by atoms with Crippen LogP contribution < -0.4 is 0 Å². The topological polar surface area (TPSA) is 65.1 Å². The van der Waals surface area contributed by atoms with E-state index in [0.717, 1.165) is 77.0 Å². The summed E-state index contributed by atoms with van der Waals surface area (Å²) in [4.78, 5) is 30.3. The number of carbonyl (C=O) groups is 1. The third kappa shape index (κ3) is 4.95. The zero-order valence-electron chi connectivity index (χ0n) is 21.5.